The number of carbonyl (C=O) groups excluding carboxylic acids is 1. The number of amides is 1. The standard InChI is InChI=1S/C10H15N5O2/c11-5-7-1-2-13-14-10(7)15-3-4-17-6-8(15)9(12)16/h1-2,8H,3-6,11H2,(H2,12,16). The summed E-state index contributed by atoms with van der Waals surface area (Å²) in [4.78, 5) is 13.2. The third-order valence-electron chi connectivity index (χ3n) is 2.73. The van der Waals surface area contributed by atoms with Gasteiger partial charge in [-0.3, -0.25) is 4.79 Å². The Morgan fingerprint density at radius 2 is 2.47 bits per heavy atom. The molecule has 2 heterocycles. The van der Waals surface area contributed by atoms with Gasteiger partial charge in [0.05, 0.1) is 19.4 Å². The summed E-state index contributed by atoms with van der Waals surface area (Å²) in [7, 11) is 0. The van der Waals surface area contributed by atoms with Crippen molar-refractivity contribution in [1.29, 1.82) is 0 Å². The van der Waals surface area contributed by atoms with Gasteiger partial charge in [-0.1, -0.05) is 0 Å². The van der Waals surface area contributed by atoms with Gasteiger partial charge in [0.25, 0.3) is 0 Å². The molecule has 0 spiro atoms. The second-order valence-corrected chi connectivity index (χ2v) is 3.77. The van der Waals surface area contributed by atoms with E-state index in [0.29, 0.717) is 25.5 Å². The van der Waals surface area contributed by atoms with Gasteiger partial charge in [-0.15, -0.1) is 5.10 Å². The van der Waals surface area contributed by atoms with E-state index in [2.05, 4.69) is 10.2 Å². The lowest BCUT2D eigenvalue weighted by molar-refractivity contribution is -0.121. The Hall–Kier alpha value is -1.73. The maximum atomic E-state index is 11.4. The molecule has 1 unspecified atom stereocenters. The van der Waals surface area contributed by atoms with Gasteiger partial charge < -0.3 is 21.1 Å². The average molecular weight is 237 g/mol. The fourth-order valence-corrected chi connectivity index (χ4v) is 1.84. The quantitative estimate of drug-likeness (QED) is 0.671. The topological polar surface area (TPSA) is 107 Å². The maximum Gasteiger partial charge on any atom is 0.242 e. The number of aromatic nitrogens is 2. The van der Waals surface area contributed by atoms with Crippen molar-refractivity contribution >= 4 is 11.7 Å². The predicted molar refractivity (Wildman–Crippen MR) is 61.1 cm³/mol. The Kier molecular flexibility index (Phi) is 3.50. The molecular formula is C10H15N5O2. The summed E-state index contributed by atoms with van der Waals surface area (Å²) < 4.78 is 5.25. The summed E-state index contributed by atoms with van der Waals surface area (Å²) >= 11 is 0. The van der Waals surface area contributed by atoms with Crippen LogP contribution in [0, 0.1) is 0 Å². The van der Waals surface area contributed by atoms with Gasteiger partial charge >= 0.3 is 0 Å². The Labute approximate surface area is 98.7 Å². The number of nitrogens with two attached hydrogens (primary N) is 2. The highest BCUT2D eigenvalue weighted by atomic mass is 16.5. The largest absolute Gasteiger partial charge is 0.377 e. The molecule has 7 heteroatoms. The predicted octanol–water partition coefficient (Wildman–Crippen LogP) is -1.37. The fraction of sp³-hybridized carbons (Fsp3) is 0.500. The summed E-state index contributed by atoms with van der Waals surface area (Å²) in [6.45, 7) is 1.70. The van der Waals surface area contributed by atoms with E-state index in [9.17, 15) is 4.79 Å². The molecule has 1 atom stereocenters. The van der Waals surface area contributed by atoms with Crippen LogP contribution < -0.4 is 16.4 Å². The van der Waals surface area contributed by atoms with Gasteiger partial charge in [0.15, 0.2) is 5.82 Å². The highest BCUT2D eigenvalue weighted by Gasteiger charge is 2.30. The van der Waals surface area contributed by atoms with Crippen molar-refractivity contribution in [2.24, 2.45) is 11.5 Å². The molecule has 0 radical (unpaired) electrons. The number of nitrogens with zero attached hydrogens (tertiary/aromatic N) is 3. The van der Waals surface area contributed by atoms with E-state index in [-0.39, 0.29) is 6.61 Å². The number of anilines is 1. The molecule has 1 amide bonds. The Balaban J connectivity index is 2.32. The molecule has 92 valence electrons. The van der Waals surface area contributed by atoms with Crippen LogP contribution in [0.1, 0.15) is 5.56 Å². The third-order valence-corrected chi connectivity index (χ3v) is 2.73. The number of morpholine rings is 1. The first-order chi connectivity index (χ1) is 8.24. The van der Waals surface area contributed by atoms with Crippen molar-refractivity contribution in [3.63, 3.8) is 0 Å². The normalized spacial score (nSPS) is 20.3. The second kappa shape index (κ2) is 5.07. The summed E-state index contributed by atoms with van der Waals surface area (Å²) in [6.07, 6.45) is 1.57. The minimum Gasteiger partial charge on any atom is -0.377 e. The molecule has 1 aromatic heterocycles. The minimum absolute atomic E-state index is 0.274. The number of hydrogen-bond acceptors (Lipinski definition) is 6. The van der Waals surface area contributed by atoms with E-state index in [1.165, 1.54) is 0 Å². The summed E-state index contributed by atoms with van der Waals surface area (Å²) in [6, 6.07) is 1.28. The van der Waals surface area contributed by atoms with Gasteiger partial charge in [-0.2, -0.15) is 5.10 Å². The van der Waals surface area contributed by atoms with Crippen LogP contribution >= 0.6 is 0 Å². The molecule has 1 saturated heterocycles. The zero-order chi connectivity index (χ0) is 12.3. The van der Waals surface area contributed by atoms with Gasteiger partial charge in [0, 0.05) is 18.7 Å². The van der Waals surface area contributed by atoms with Crippen molar-refractivity contribution in [1.82, 2.24) is 10.2 Å². The molecule has 0 saturated carbocycles. The van der Waals surface area contributed by atoms with E-state index < -0.39 is 11.9 Å². The number of primary amides is 1. The van der Waals surface area contributed by atoms with Crippen molar-refractivity contribution in [2.45, 2.75) is 12.6 Å². The maximum absolute atomic E-state index is 11.4. The van der Waals surface area contributed by atoms with Crippen molar-refractivity contribution in [3.8, 4) is 0 Å². The highest BCUT2D eigenvalue weighted by molar-refractivity contribution is 5.83. The Morgan fingerprint density at radius 1 is 1.65 bits per heavy atom. The van der Waals surface area contributed by atoms with Crippen LogP contribution in [0.4, 0.5) is 5.82 Å². The van der Waals surface area contributed by atoms with Crippen LogP contribution in [0.5, 0.6) is 0 Å². The molecule has 4 N–H and O–H groups in total. The van der Waals surface area contributed by atoms with Crippen molar-refractivity contribution in [2.75, 3.05) is 24.7 Å². The van der Waals surface area contributed by atoms with E-state index in [4.69, 9.17) is 16.2 Å². The first kappa shape index (κ1) is 11.7. The second-order valence-electron chi connectivity index (χ2n) is 3.77. The molecular weight excluding hydrogens is 222 g/mol. The molecule has 7 nitrogen and oxygen atoms in total. The number of rotatable bonds is 3. The van der Waals surface area contributed by atoms with Crippen molar-refractivity contribution < 1.29 is 9.53 Å². The third kappa shape index (κ3) is 2.34. The Morgan fingerprint density at radius 3 is 3.18 bits per heavy atom. The number of carbonyl (C=O) groups is 1. The first-order valence-corrected chi connectivity index (χ1v) is 5.38. The minimum atomic E-state index is -0.509. The Bertz CT molecular complexity index is 411. The van der Waals surface area contributed by atoms with Gasteiger partial charge in [-0.25, -0.2) is 0 Å². The van der Waals surface area contributed by atoms with Crippen LogP contribution in [0.2, 0.25) is 0 Å². The smallest absolute Gasteiger partial charge is 0.242 e. The summed E-state index contributed by atoms with van der Waals surface area (Å²) in [5, 5.41) is 7.86. The van der Waals surface area contributed by atoms with E-state index >= 15 is 0 Å². The molecule has 0 aliphatic carbocycles. The molecule has 1 aliphatic heterocycles. The van der Waals surface area contributed by atoms with E-state index in [0.717, 1.165) is 5.56 Å². The summed E-state index contributed by atoms with van der Waals surface area (Å²) in [5.74, 6) is 0.181. The lowest BCUT2D eigenvalue weighted by atomic mass is 10.2. The summed E-state index contributed by atoms with van der Waals surface area (Å²) in [5.41, 5.74) is 11.8. The monoisotopic (exact) mass is 237 g/mol. The number of ether oxygens (including phenoxy) is 1. The SMILES string of the molecule is NCc1ccnnc1N1CCOCC1C(N)=O. The van der Waals surface area contributed by atoms with Crippen LogP contribution in [0.15, 0.2) is 12.3 Å². The van der Waals surface area contributed by atoms with Gasteiger partial charge in [-0.05, 0) is 6.07 Å². The zero-order valence-corrected chi connectivity index (χ0v) is 9.37. The molecule has 1 aliphatic rings. The molecule has 1 fully saturated rings. The average Bonchev–Trinajstić information content (AvgIpc) is 2.38. The molecule has 17 heavy (non-hydrogen) atoms. The first-order valence-electron chi connectivity index (χ1n) is 5.38. The molecule has 2 rings (SSSR count). The van der Waals surface area contributed by atoms with Crippen LogP contribution in [0.3, 0.4) is 0 Å². The molecule has 0 aromatic carbocycles. The number of hydrogen-bond donors (Lipinski definition) is 2. The van der Waals surface area contributed by atoms with Gasteiger partial charge in [0.2, 0.25) is 5.91 Å². The zero-order valence-electron chi connectivity index (χ0n) is 9.37. The molecule has 0 bridgehead atoms. The lowest BCUT2D eigenvalue weighted by Gasteiger charge is -2.34. The lowest BCUT2D eigenvalue weighted by Crippen LogP contribution is -2.53. The van der Waals surface area contributed by atoms with Gasteiger partial charge in [0.1, 0.15) is 6.04 Å². The van der Waals surface area contributed by atoms with E-state index in [1.807, 2.05) is 0 Å². The van der Waals surface area contributed by atoms with Crippen LogP contribution in [0.25, 0.3) is 0 Å². The highest BCUT2D eigenvalue weighted by Crippen LogP contribution is 2.20. The van der Waals surface area contributed by atoms with Crippen LogP contribution in [-0.4, -0.2) is 41.9 Å². The fourth-order valence-electron chi connectivity index (χ4n) is 1.84. The van der Waals surface area contributed by atoms with Crippen molar-refractivity contribution in [3.05, 3.63) is 17.8 Å². The van der Waals surface area contributed by atoms with E-state index in [1.54, 1.807) is 17.2 Å². The van der Waals surface area contributed by atoms with Crippen LogP contribution in [-0.2, 0) is 16.1 Å². The molecule has 1 aromatic rings.